The first-order valence-electron chi connectivity index (χ1n) is 5.91. The molecule has 0 saturated carbocycles. The van der Waals surface area contributed by atoms with Crippen LogP contribution in [0.4, 0.5) is 5.69 Å². The number of nitrogens with zero attached hydrogens (tertiary/aromatic N) is 3. The molecule has 1 aromatic heterocycles. The van der Waals surface area contributed by atoms with Gasteiger partial charge in [0.15, 0.2) is 0 Å². The van der Waals surface area contributed by atoms with Crippen LogP contribution in [0.3, 0.4) is 0 Å². The van der Waals surface area contributed by atoms with Crippen LogP contribution in [-0.2, 0) is 7.05 Å². The van der Waals surface area contributed by atoms with Gasteiger partial charge in [0.05, 0.1) is 4.92 Å². The molecule has 1 atom stereocenters. The Balaban J connectivity index is 3.13. The SMILES string of the molecule is CNCC(C)Oc1c([N+](=O)[O-])c(C(C)C)nn1C. The van der Waals surface area contributed by atoms with E-state index in [4.69, 9.17) is 4.74 Å². The van der Waals surface area contributed by atoms with Crippen LogP contribution in [-0.4, -0.2) is 34.4 Å². The molecule has 1 rings (SSSR count). The van der Waals surface area contributed by atoms with Crippen molar-refractivity contribution in [3.63, 3.8) is 0 Å². The molecule has 7 heteroatoms. The highest BCUT2D eigenvalue weighted by Gasteiger charge is 2.30. The molecule has 18 heavy (non-hydrogen) atoms. The molecular weight excluding hydrogens is 236 g/mol. The Morgan fingerprint density at radius 3 is 2.56 bits per heavy atom. The van der Waals surface area contributed by atoms with E-state index >= 15 is 0 Å². The van der Waals surface area contributed by atoms with Crippen molar-refractivity contribution in [2.24, 2.45) is 7.05 Å². The fraction of sp³-hybridized carbons (Fsp3) is 0.727. The second-order valence-electron chi connectivity index (χ2n) is 4.56. The largest absolute Gasteiger partial charge is 0.469 e. The smallest absolute Gasteiger partial charge is 0.353 e. The average Bonchev–Trinajstić information content (AvgIpc) is 2.57. The van der Waals surface area contributed by atoms with E-state index in [0.717, 1.165) is 0 Å². The van der Waals surface area contributed by atoms with Crippen LogP contribution in [0.2, 0.25) is 0 Å². The molecular formula is C11H20N4O3. The lowest BCUT2D eigenvalue weighted by atomic mass is 10.1. The van der Waals surface area contributed by atoms with E-state index in [-0.39, 0.29) is 23.6 Å². The number of rotatable bonds is 6. The summed E-state index contributed by atoms with van der Waals surface area (Å²) in [5.41, 5.74) is 0.421. The molecule has 0 saturated heterocycles. The van der Waals surface area contributed by atoms with Crippen molar-refractivity contribution < 1.29 is 9.66 Å². The summed E-state index contributed by atoms with van der Waals surface area (Å²) in [6.45, 7) is 6.20. The number of nitrogens with one attached hydrogen (secondary N) is 1. The fourth-order valence-corrected chi connectivity index (χ4v) is 1.73. The second-order valence-corrected chi connectivity index (χ2v) is 4.56. The monoisotopic (exact) mass is 256 g/mol. The maximum atomic E-state index is 11.2. The summed E-state index contributed by atoms with van der Waals surface area (Å²) in [7, 11) is 3.46. The molecule has 0 aliphatic heterocycles. The lowest BCUT2D eigenvalue weighted by molar-refractivity contribution is -0.386. The highest BCUT2D eigenvalue weighted by molar-refractivity contribution is 5.47. The van der Waals surface area contributed by atoms with Gasteiger partial charge in [0.25, 0.3) is 5.88 Å². The van der Waals surface area contributed by atoms with Crippen molar-refractivity contribution in [3.05, 3.63) is 15.8 Å². The van der Waals surface area contributed by atoms with E-state index in [2.05, 4.69) is 10.4 Å². The molecule has 0 fully saturated rings. The molecule has 0 amide bonds. The second kappa shape index (κ2) is 5.81. The normalized spacial score (nSPS) is 12.8. The van der Waals surface area contributed by atoms with Gasteiger partial charge in [-0.15, -0.1) is 0 Å². The summed E-state index contributed by atoms with van der Waals surface area (Å²) in [5.74, 6) is 0.194. The molecule has 1 heterocycles. The first-order valence-corrected chi connectivity index (χ1v) is 5.91. The van der Waals surface area contributed by atoms with Gasteiger partial charge in [0.2, 0.25) is 0 Å². The molecule has 1 aromatic rings. The minimum atomic E-state index is -0.427. The molecule has 1 N–H and O–H groups in total. The van der Waals surface area contributed by atoms with Crippen molar-refractivity contribution in [1.82, 2.24) is 15.1 Å². The predicted molar refractivity (Wildman–Crippen MR) is 68.0 cm³/mol. The minimum Gasteiger partial charge on any atom is -0.469 e. The van der Waals surface area contributed by atoms with Gasteiger partial charge < -0.3 is 10.1 Å². The minimum absolute atomic E-state index is 0.0199. The van der Waals surface area contributed by atoms with Crippen molar-refractivity contribution in [3.8, 4) is 5.88 Å². The number of hydrogen-bond donors (Lipinski definition) is 1. The predicted octanol–water partition coefficient (Wildman–Crippen LogP) is 1.44. The molecule has 102 valence electrons. The van der Waals surface area contributed by atoms with Gasteiger partial charge in [-0.2, -0.15) is 5.10 Å². The number of nitro groups is 1. The van der Waals surface area contributed by atoms with E-state index in [9.17, 15) is 10.1 Å². The van der Waals surface area contributed by atoms with Crippen molar-refractivity contribution in [2.75, 3.05) is 13.6 Å². The average molecular weight is 256 g/mol. The van der Waals surface area contributed by atoms with Gasteiger partial charge >= 0.3 is 5.69 Å². The van der Waals surface area contributed by atoms with Crippen molar-refractivity contribution in [2.45, 2.75) is 32.8 Å². The summed E-state index contributed by atoms with van der Waals surface area (Å²) >= 11 is 0. The summed E-state index contributed by atoms with van der Waals surface area (Å²) in [6, 6.07) is 0. The Morgan fingerprint density at radius 1 is 1.50 bits per heavy atom. The van der Waals surface area contributed by atoms with Gasteiger partial charge in [-0.05, 0) is 14.0 Å². The van der Waals surface area contributed by atoms with Crippen LogP contribution in [0.25, 0.3) is 0 Å². The topological polar surface area (TPSA) is 82.2 Å². The molecule has 0 spiro atoms. The summed E-state index contributed by atoms with van der Waals surface area (Å²) in [6.07, 6.45) is -0.163. The van der Waals surface area contributed by atoms with E-state index in [1.54, 1.807) is 14.1 Å². The van der Waals surface area contributed by atoms with Crippen LogP contribution in [0, 0.1) is 10.1 Å². The number of aromatic nitrogens is 2. The van der Waals surface area contributed by atoms with Gasteiger partial charge in [-0.25, -0.2) is 4.68 Å². The van der Waals surface area contributed by atoms with Crippen molar-refractivity contribution >= 4 is 5.69 Å². The van der Waals surface area contributed by atoms with Gasteiger partial charge in [0.1, 0.15) is 11.8 Å². The molecule has 1 unspecified atom stereocenters. The third kappa shape index (κ3) is 2.98. The third-order valence-electron chi connectivity index (χ3n) is 2.53. The highest BCUT2D eigenvalue weighted by Crippen LogP contribution is 2.34. The van der Waals surface area contributed by atoms with Crippen molar-refractivity contribution in [1.29, 1.82) is 0 Å². The van der Waals surface area contributed by atoms with Crippen LogP contribution < -0.4 is 10.1 Å². The molecule has 0 aliphatic carbocycles. The first kappa shape index (κ1) is 14.4. The Morgan fingerprint density at radius 2 is 2.11 bits per heavy atom. The highest BCUT2D eigenvalue weighted by atomic mass is 16.6. The summed E-state index contributed by atoms with van der Waals surface area (Å²) in [4.78, 5) is 10.7. The maximum absolute atomic E-state index is 11.2. The van der Waals surface area contributed by atoms with Gasteiger partial charge in [0, 0.05) is 19.5 Å². The number of aryl methyl sites for hydroxylation is 1. The fourth-order valence-electron chi connectivity index (χ4n) is 1.73. The van der Waals surface area contributed by atoms with Crippen LogP contribution >= 0.6 is 0 Å². The van der Waals surface area contributed by atoms with E-state index < -0.39 is 4.92 Å². The Hall–Kier alpha value is -1.63. The zero-order valence-corrected chi connectivity index (χ0v) is 11.4. The Bertz CT molecular complexity index is 428. The first-order chi connectivity index (χ1) is 8.38. The third-order valence-corrected chi connectivity index (χ3v) is 2.53. The van der Waals surface area contributed by atoms with Crippen LogP contribution in [0.15, 0.2) is 0 Å². The standard InChI is InChI=1S/C11H20N4O3/c1-7(2)9-10(15(16)17)11(14(5)13-9)18-8(3)6-12-4/h7-8,12H,6H2,1-5H3. The number of hydrogen-bond acceptors (Lipinski definition) is 5. The lowest BCUT2D eigenvalue weighted by Gasteiger charge is -2.13. The summed E-state index contributed by atoms with van der Waals surface area (Å²) < 4.78 is 7.04. The number of likely N-dealkylation sites (N-methyl/N-ethyl adjacent to an activating group) is 1. The maximum Gasteiger partial charge on any atom is 0.353 e. The lowest BCUT2D eigenvalue weighted by Crippen LogP contribution is -2.27. The van der Waals surface area contributed by atoms with Gasteiger partial charge in [-0.3, -0.25) is 10.1 Å². The molecule has 0 bridgehead atoms. The summed E-state index contributed by atoms with van der Waals surface area (Å²) in [5, 5.41) is 18.3. The Kier molecular flexibility index (Phi) is 4.66. The zero-order chi connectivity index (χ0) is 13.9. The quantitative estimate of drug-likeness (QED) is 0.615. The van der Waals surface area contributed by atoms with E-state index in [1.807, 2.05) is 20.8 Å². The Labute approximate surface area is 106 Å². The molecule has 0 aromatic carbocycles. The van der Waals surface area contributed by atoms with E-state index in [0.29, 0.717) is 12.2 Å². The van der Waals surface area contributed by atoms with Crippen LogP contribution in [0.1, 0.15) is 32.4 Å². The molecule has 0 radical (unpaired) electrons. The number of ether oxygens (including phenoxy) is 1. The molecule has 0 aliphatic rings. The zero-order valence-electron chi connectivity index (χ0n) is 11.4. The van der Waals surface area contributed by atoms with Gasteiger partial charge in [-0.1, -0.05) is 13.8 Å². The molecule has 7 nitrogen and oxygen atoms in total. The van der Waals surface area contributed by atoms with E-state index in [1.165, 1.54) is 4.68 Å². The van der Waals surface area contributed by atoms with Crippen LogP contribution in [0.5, 0.6) is 5.88 Å².